The molecule has 0 saturated carbocycles. The number of hydrogen-bond donors (Lipinski definition) is 2. The van der Waals surface area contributed by atoms with Crippen LogP contribution in [0.1, 0.15) is 35.2 Å². The van der Waals surface area contributed by atoms with Crippen molar-refractivity contribution >= 4 is 23.1 Å². The van der Waals surface area contributed by atoms with Gasteiger partial charge in [-0.1, -0.05) is 18.3 Å². The van der Waals surface area contributed by atoms with Gasteiger partial charge in [0.05, 0.1) is 11.0 Å². The average molecular weight is 278 g/mol. The standard InChI is InChI=1S/C14H18N2O2S/c1-9-5-6-10(8-12(9)17)14(18)16-7-3-2-4-11(16)13(15)19/h5-6,8,11,17H,2-4,7H2,1H3,(H2,15,19). The molecule has 1 amide bonds. The van der Waals surface area contributed by atoms with E-state index in [1.165, 1.54) is 6.07 Å². The molecule has 1 fully saturated rings. The summed E-state index contributed by atoms with van der Waals surface area (Å²) in [5.74, 6) is 0.0162. The number of carbonyl (C=O) groups excluding carboxylic acids is 1. The molecular weight excluding hydrogens is 260 g/mol. The maximum atomic E-state index is 12.5. The van der Waals surface area contributed by atoms with Crippen molar-refractivity contribution in [2.24, 2.45) is 5.73 Å². The zero-order valence-corrected chi connectivity index (χ0v) is 11.7. The van der Waals surface area contributed by atoms with Gasteiger partial charge in [0.15, 0.2) is 0 Å². The number of likely N-dealkylation sites (tertiary alicyclic amines) is 1. The minimum Gasteiger partial charge on any atom is -0.508 e. The van der Waals surface area contributed by atoms with Crippen LogP contribution in [0.3, 0.4) is 0 Å². The summed E-state index contributed by atoms with van der Waals surface area (Å²) in [6, 6.07) is 4.80. The van der Waals surface area contributed by atoms with Crippen LogP contribution in [0, 0.1) is 6.92 Å². The van der Waals surface area contributed by atoms with Crippen molar-refractivity contribution in [3.63, 3.8) is 0 Å². The van der Waals surface area contributed by atoms with Crippen LogP contribution in [0.15, 0.2) is 18.2 Å². The van der Waals surface area contributed by atoms with E-state index in [-0.39, 0.29) is 17.7 Å². The van der Waals surface area contributed by atoms with Crippen LogP contribution in [-0.2, 0) is 0 Å². The van der Waals surface area contributed by atoms with Crippen molar-refractivity contribution in [3.8, 4) is 5.75 Å². The maximum Gasteiger partial charge on any atom is 0.254 e. The molecule has 1 heterocycles. The highest BCUT2D eigenvalue weighted by molar-refractivity contribution is 7.80. The molecule has 1 unspecified atom stereocenters. The molecule has 5 heteroatoms. The zero-order valence-electron chi connectivity index (χ0n) is 10.9. The molecule has 1 aromatic carbocycles. The van der Waals surface area contributed by atoms with Crippen molar-refractivity contribution in [2.75, 3.05) is 6.54 Å². The van der Waals surface area contributed by atoms with Gasteiger partial charge in [-0.3, -0.25) is 4.79 Å². The Morgan fingerprint density at radius 3 is 2.84 bits per heavy atom. The number of benzene rings is 1. The molecule has 1 aliphatic rings. The van der Waals surface area contributed by atoms with Gasteiger partial charge in [-0.15, -0.1) is 0 Å². The molecule has 1 aliphatic heterocycles. The van der Waals surface area contributed by atoms with E-state index in [1.54, 1.807) is 24.0 Å². The molecule has 0 aliphatic carbocycles. The first-order valence-corrected chi connectivity index (χ1v) is 6.81. The number of thiocarbonyl (C=S) groups is 1. The molecule has 3 N–H and O–H groups in total. The number of phenols is 1. The fourth-order valence-corrected chi connectivity index (χ4v) is 2.62. The molecule has 102 valence electrons. The predicted octanol–water partition coefficient (Wildman–Crippen LogP) is 1.98. The Hall–Kier alpha value is -1.62. The van der Waals surface area contributed by atoms with Crippen LogP contribution < -0.4 is 5.73 Å². The molecule has 0 bridgehead atoms. The maximum absolute atomic E-state index is 12.5. The van der Waals surface area contributed by atoms with E-state index in [2.05, 4.69) is 0 Å². The van der Waals surface area contributed by atoms with Crippen LogP contribution in [0.4, 0.5) is 0 Å². The summed E-state index contributed by atoms with van der Waals surface area (Å²) in [6.07, 6.45) is 2.81. The first-order chi connectivity index (χ1) is 9.00. The predicted molar refractivity (Wildman–Crippen MR) is 78.3 cm³/mol. The molecule has 19 heavy (non-hydrogen) atoms. The second-order valence-corrected chi connectivity index (χ2v) is 5.39. The van der Waals surface area contributed by atoms with E-state index in [0.717, 1.165) is 24.8 Å². The highest BCUT2D eigenvalue weighted by Gasteiger charge is 2.29. The van der Waals surface area contributed by atoms with Crippen molar-refractivity contribution in [1.29, 1.82) is 0 Å². The number of piperidine rings is 1. The summed E-state index contributed by atoms with van der Waals surface area (Å²) in [4.78, 5) is 14.6. The normalized spacial score (nSPS) is 19.2. The van der Waals surface area contributed by atoms with Crippen LogP contribution in [-0.4, -0.2) is 33.5 Å². The lowest BCUT2D eigenvalue weighted by Gasteiger charge is -2.35. The minimum atomic E-state index is -0.167. The van der Waals surface area contributed by atoms with Gasteiger partial charge in [0.25, 0.3) is 5.91 Å². The zero-order chi connectivity index (χ0) is 14.0. The van der Waals surface area contributed by atoms with E-state index in [0.29, 0.717) is 17.1 Å². The summed E-state index contributed by atoms with van der Waals surface area (Å²) < 4.78 is 0. The van der Waals surface area contributed by atoms with E-state index in [9.17, 15) is 9.90 Å². The van der Waals surface area contributed by atoms with Crippen LogP contribution in [0.25, 0.3) is 0 Å². The summed E-state index contributed by atoms with van der Waals surface area (Å²) >= 11 is 5.04. The van der Waals surface area contributed by atoms with Gasteiger partial charge >= 0.3 is 0 Å². The molecular formula is C14H18N2O2S. The van der Waals surface area contributed by atoms with Gasteiger partial charge in [-0.25, -0.2) is 0 Å². The second-order valence-electron chi connectivity index (χ2n) is 4.91. The van der Waals surface area contributed by atoms with E-state index in [1.807, 2.05) is 0 Å². The van der Waals surface area contributed by atoms with Gasteiger partial charge in [-0.05, 0) is 43.9 Å². The number of carbonyl (C=O) groups is 1. The first-order valence-electron chi connectivity index (χ1n) is 6.40. The number of hydrogen-bond acceptors (Lipinski definition) is 3. The fourth-order valence-electron chi connectivity index (χ4n) is 2.38. The monoisotopic (exact) mass is 278 g/mol. The third-order valence-electron chi connectivity index (χ3n) is 3.55. The van der Waals surface area contributed by atoms with Crippen LogP contribution >= 0.6 is 12.2 Å². The Morgan fingerprint density at radius 2 is 2.21 bits per heavy atom. The van der Waals surface area contributed by atoms with E-state index >= 15 is 0 Å². The first kappa shape index (κ1) is 13.8. The van der Waals surface area contributed by atoms with Crippen molar-refractivity contribution in [2.45, 2.75) is 32.2 Å². The molecule has 1 saturated heterocycles. The molecule has 1 aromatic rings. The molecule has 0 aromatic heterocycles. The van der Waals surface area contributed by atoms with E-state index in [4.69, 9.17) is 18.0 Å². The highest BCUT2D eigenvalue weighted by Crippen LogP contribution is 2.23. The number of amides is 1. The number of rotatable bonds is 2. The number of nitrogens with zero attached hydrogens (tertiary/aromatic N) is 1. The summed E-state index contributed by atoms with van der Waals surface area (Å²) in [5, 5.41) is 9.70. The minimum absolute atomic E-state index is 0.118. The van der Waals surface area contributed by atoms with Crippen molar-refractivity contribution < 1.29 is 9.90 Å². The summed E-state index contributed by atoms with van der Waals surface area (Å²) in [6.45, 7) is 2.46. The Kier molecular flexibility index (Phi) is 4.04. The molecule has 0 radical (unpaired) electrons. The molecule has 1 atom stereocenters. The lowest BCUT2D eigenvalue weighted by molar-refractivity contribution is 0.0681. The van der Waals surface area contributed by atoms with Gasteiger partial charge in [0, 0.05) is 12.1 Å². The third-order valence-corrected chi connectivity index (χ3v) is 3.82. The van der Waals surface area contributed by atoms with Crippen molar-refractivity contribution in [3.05, 3.63) is 29.3 Å². The fraction of sp³-hybridized carbons (Fsp3) is 0.429. The van der Waals surface area contributed by atoms with Gasteiger partial charge in [0.2, 0.25) is 0 Å². The quantitative estimate of drug-likeness (QED) is 0.812. The van der Waals surface area contributed by atoms with E-state index < -0.39 is 0 Å². The highest BCUT2D eigenvalue weighted by atomic mass is 32.1. The molecule has 4 nitrogen and oxygen atoms in total. The number of nitrogens with two attached hydrogens (primary N) is 1. The third kappa shape index (κ3) is 2.87. The largest absolute Gasteiger partial charge is 0.508 e. The van der Waals surface area contributed by atoms with Crippen LogP contribution in [0.2, 0.25) is 0 Å². The molecule has 2 rings (SSSR count). The number of phenolic OH excluding ortho intramolecular Hbond substituents is 1. The Labute approximate surface area is 118 Å². The Balaban J connectivity index is 2.26. The van der Waals surface area contributed by atoms with Gasteiger partial charge < -0.3 is 15.7 Å². The molecule has 0 spiro atoms. The Bertz CT molecular complexity index is 516. The van der Waals surface area contributed by atoms with Gasteiger partial charge in [-0.2, -0.15) is 0 Å². The Morgan fingerprint density at radius 1 is 1.47 bits per heavy atom. The SMILES string of the molecule is Cc1ccc(C(=O)N2CCCCC2C(N)=S)cc1O. The lowest BCUT2D eigenvalue weighted by Crippen LogP contribution is -2.49. The van der Waals surface area contributed by atoms with Gasteiger partial charge in [0.1, 0.15) is 5.75 Å². The lowest BCUT2D eigenvalue weighted by atomic mass is 10.0. The number of aryl methyl sites for hydroxylation is 1. The van der Waals surface area contributed by atoms with Crippen LogP contribution in [0.5, 0.6) is 5.75 Å². The topological polar surface area (TPSA) is 66.6 Å². The summed E-state index contributed by atoms with van der Waals surface area (Å²) in [5.41, 5.74) is 6.94. The summed E-state index contributed by atoms with van der Waals surface area (Å²) in [7, 11) is 0. The second kappa shape index (κ2) is 5.57. The average Bonchev–Trinajstić information content (AvgIpc) is 2.41. The smallest absolute Gasteiger partial charge is 0.254 e. The van der Waals surface area contributed by atoms with Crippen molar-refractivity contribution in [1.82, 2.24) is 4.90 Å². The number of aromatic hydroxyl groups is 1.